The highest BCUT2D eigenvalue weighted by Gasteiger charge is 2.12. The highest BCUT2D eigenvalue weighted by molar-refractivity contribution is 5.94. The van der Waals surface area contributed by atoms with Crippen LogP contribution in [0.15, 0.2) is 18.2 Å². The topological polar surface area (TPSA) is 75.6 Å². The molecule has 0 aliphatic carbocycles. The minimum Gasteiger partial charge on any atom is -0.496 e. The Bertz CT molecular complexity index is 514. The fraction of sp³-hybridized carbons (Fsp3) is 0.556. The molecule has 128 valence electrons. The number of methoxy groups -OCH3 is 1. The van der Waals surface area contributed by atoms with Gasteiger partial charge in [0.15, 0.2) is 0 Å². The van der Waals surface area contributed by atoms with Gasteiger partial charge in [-0.05, 0) is 18.6 Å². The largest absolute Gasteiger partial charge is 0.496 e. The second kappa shape index (κ2) is 10.6. The Hall–Kier alpha value is -2.04. The minimum atomic E-state index is -1.05. The summed E-state index contributed by atoms with van der Waals surface area (Å²) in [5.41, 5.74) is 0.636. The zero-order valence-electron chi connectivity index (χ0n) is 14.1. The molecule has 0 saturated carbocycles. The van der Waals surface area contributed by atoms with E-state index >= 15 is 0 Å². The molecule has 5 heteroatoms. The molecule has 23 heavy (non-hydrogen) atoms. The summed E-state index contributed by atoms with van der Waals surface area (Å²) in [6.07, 6.45) is 8.65. The maximum Gasteiger partial charge on any atom is 0.339 e. The van der Waals surface area contributed by atoms with Gasteiger partial charge in [-0.2, -0.15) is 0 Å². The summed E-state index contributed by atoms with van der Waals surface area (Å²) in [6.45, 7) is 2.20. The van der Waals surface area contributed by atoms with E-state index < -0.39 is 5.97 Å². The summed E-state index contributed by atoms with van der Waals surface area (Å²) in [6, 6.07) is 4.55. The lowest BCUT2D eigenvalue weighted by atomic mass is 10.1. The van der Waals surface area contributed by atoms with Gasteiger partial charge in [-0.3, -0.25) is 4.79 Å². The predicted octanol–water partition coefficient (Wildman–Crippen LogP) is 4.47. The van der Waals surface area contributed by atoms with Gasteiger partial charge in [0.25, 0.3) is 0 Å². The van der Waals surface area contributed by atoms with Crippen molar-refractivity contribution < 1.29 is 19.4 Å². The maximum atomic E-state index is 11.9. The smallest absolute Gasteiger partial charge is 0.339 e. The number of anilines is 1. The molecule has 0 aromatic heterocycles. The number of aromatic carboxylic acids is 1. The molecular formula is C18H27NO4. The third-order valence-electron chi connectivity index (χ3n) is 3.72. The van der Waals surface area contributed by atoms with Crippen LogP contribution in [0.5, 0.6) is 5.75 Å². The number of amides is 1. The molecule has 1 amide bonds. The number of hydrogen-bond acceptors (Lipinski definition) is 3. The first-order valence-corrected chi connectivity index (χ1v) is 8.29. The Kier molecular flexibility index (Phi) is 8.80. The highest BCUT2D eigenvalue weighted by Crippen LogP contribution is 2.23. The van der Waals surface area contributed by atoms with Crippen LogP contribution in [0.1, 0.15) is 68.6 Å². The lowest BCUT2D eigenvalue weighted by molar-refractivity contribution is -0.116. The van der Waals surface area contributed by atoms with Gasteiger partial charge in [0.05, 0.1) is 7.11 Å². The third-order valence-corrected chi connectivity index (χ3v) is 3.72. The molecule has 0 atom stereocenters. The number of benzene rings is 1. The van der Waals surface area contributed by atoms with Gasteiger partial charge in [-0.15, -0.1) is 0 Å². The molecule has 0 aliphatic rings. The first kappa shape index (κ1) is 19.0. The van der Waals surface area contributed by atoms with Gasteiger partial charge >= 0.3 is 5.97 Å². The van der Waals surface area contributed by atoms with Crippen molar-refractivity contribution in [3.8, 4) is 5.75 Å². The molecule has 5 nitrogen and oxygen atoms in total. The average Bonchev–Trinajstić information content (AvgIpc) is 2.53. The highest BCUT2D eigenvalue weighted by atomic mass is 16.5. The van der Waals surface area contributed by atoms with E-state index in [0.29, 0.717) is 12.1 Å². The Morgan fingerprint density at radius 1 is 1.09 bits per heavy atom. The van der Waals surface area contributed by atoms with E-state index in [0.717, 1.165) is 12.8 Å². The summed E-state index contributed by atoms with van der Waals surface area (Å²) in [4.78, 5) is 22.9. The van der Waals surface area contributed by atoms with E-state index in [1.807, 2.05) is 0 Å². The van der Waals surface area contributed by atoms with Crippen molar-refractivity contribution in [1.29, 1.82) is 0 Å². The van der Waals surface area contributed by atoms with Gasteiger partial charge in [-0.25, -0.2) is 4.79 Å². The molecule has 0 saturated heterocycles. The number of rotatable bonds is 11. The van der Waals surface area contributed by atoms with Gasteiger partial charge < -0.3 is 15.2 Å². The number of ether oxygens (including phenoxy) is 1. The quantitative estimate of drug-likeness (QED) is 0.589. The molecule has 0 fully saturated rings. The SMILES string of the molecule is CCCCCCCCCC(=O)Nc1ccc(C(=O)O)c(OC)c1. The van der Waals surface area contributed by atoms with Crippen molar-refractivity contribution in [2.45, 2.75) is 58.3 Å². The summed E-state index contributed by atoms with van der Waals surface area (Å²) in [5.74, 6) is -0.863. The predicted molar refractivity (Wildman–Crippen MR) is 91.2 cm³/mol. The number of hydrogen-bond donors (Lipinski definition) is 2. The van der Waals surface area contributed by atoms with Crippen LogP contribution in [0, 0.1) is 0 Å². The maximum absolute atomic E-state index is 11.9. The van der Waals surface area contributed by atoms with Crippen molar-refractivity contribution in [1.82, 2.24) is 0 Å². The first-order chi connectivity index (χ1) is 11.1. The van der Waals surface area contributed by atoms with E-state index in [1.165, 1.54) is 51.3 Å². The van der Waals surface area contributed by atoms with Crippen molar-refractivity contribution in [2.75, 3.05) is 12.4 Å². The van der Waals surface area contributed by atoms with Crippen LogP contribution in [0.2, 0.25) is 0 Å². The van der Waals surface area contributed by atoms with Crippen molar-refractivity contribution >= 4 is 17.6 Å². The lowest BCUT2D eigenvalue weighted by Crippen LogP contribution is -2.11. The summed E-state index contributed by atoms with van der Waals surface area (Å²) in [5, 5.41) is 11.8. The van der Waals surface area contributed by atoms with E-state index in [-0.39, 0.29) is 17.2 Å². The summed E-state index contributed by atoms with van der Waals surface area (Å²) < 4.78 is 5.04. The van der Waals surface area contributed by atoms with E-state index in [9.17, 15) is 9.59 Å². The molecule has 0 radical (unpaired) electrons. The van der Waals surface area contributed by atoms with E-state index in [1.54, 1.807) is 6.07 Å². The number of carboxylic acids is 1. The van der Waals surface area contributed by atoms with Gasteiger partial charge in [-0.1, -0.05) is 45.4 Å². The number of nitrogens with one attached hydrogen (secondary N) is 1. The molecule has 0 bridgehead atoms. The number of carbonyl (C=O) groups is 2. The Morgan fingerprint density at radius 3 is 2.35 bits per heavy atom. The summed E-state index contributed by atoms with van der Waals surface area (Å²) >= 11 is 0. The molecule has 0 aliphatic heterocycles. The second-order valence-corrected chi connectivity index (χ2v) is 5.64. The molecular weight excluding hydrogens is 294 g/mol. The van der Waals surface area contributed by atoms with Crippen LogP contribution in [0.4, 0.5) is 5.69 Å². The van der Waals surface area contributed by atoms with Gasteiger partial charge in [0.1, 0.15) is 11.3 Å². The molecule has 0 spiro atoms. The zero-order chi connectivity index (χ0) is 17.1. The fourth-order valence-electron chi connectivity index (χ4n) is 2.41. The van der Waals surface area contributed by atoms with Crippen LogP contribution in [0.3, 0.4) is 0 Å². The van der Waals surface area contributed by atoms with Crippen molar-refractivity contribution in [2.24, 2.45) is 0 Å². The van der Waals surface area contributed by atoms with Crippen LogP contribution in [0.25, 0.3) is 0 Å². The van der Waals surface area contributed by atoms with Crippen LogP contribution >= 0.6 is 0 Å². The number of carboxylic acid groups (broad SMARTS) is 1. The van der Waals surface area contributed by atoms with Gasteiger partial charge in [0.2, 0.25) is 5.91 Å². The number of carbonyl (C=O) groups excluding carboxylic acids is 1. The molecule has 1 aromatic carbocycles. The zero-order valence-corrected chi connectivity index (χ0v) is 14.1. The van der Waals surface area contributed by atoms with Crippen molar-refractivity contribution in [3.05, 3.63) is 23.8 Å². The Balaban J connectivity index is 2.35. The Morgan fingerprint density at radius 2 is 1.74 bits per heavy atom. The van der Waals surface area contributed by atoms with Crippen LogP contribution < -0.4 is 10.1 Å². The monoisotopic (exact) mass is 321 g/mol. The molecule has 2 N–H and O–H groups in total. The molecule has 1 aromatic rings. The molecule has 0 heterocycles. The minimum absolute atomic E-state index is 0.0521. The van der Waals surface area contributed by atoms with Crippen molar-refractivity contribution in [3.63, 3.8) is 0 Å². The number of unbranched alkanes of at least 4 members (excludes halogenated alkanes) is 6. The van der Waals surface area contributed by atoms with Crippen LogP contribution in [-0.2, 0) is 4.79 Å². The van der Waals surface area contributed by atoms with E-state index in [4.69, 9.17) is 9.84 Å². The normalized spacial score (nSPS) is 10.3. The van der Waals surface area contributed by atoms with E-state index in [2.05, 4.69) is 12.2 Å². The van der Waals surface area contributed by atoms with Crippen LogP contribution in [-0.4, -0.2) is 24.1 Å². The third kappa shape index (κ3) is 7.17. The fourth-order valence-corrected chi connectivity index (χ4v) is 2.41. The second-order valence-electron chi connectivity index (χ2n) is 5.64. The van der Waals surface area contributed by atoms with Gasteiger partial charge in [0, 0.05) is 18.2 Å². The average molecular weight is 321 g/mol. The Labute approximate surface area is 138 Å². The summed E-state index contributed by atoms with van der Waals surface area (Å²) in [7, 11) is 1.41. The first-order valence-electron chi connectivity index (χ1n) is 8.29. The molecule has 1 rings (SSSR count). The standard InChI is InChI=1S/C18H27NO4/c1-3-4-5-6-7-8-9-10-17(20)19-14-11-12-15(18(21)22)16(13-14)23-2/h11-13H,3-10H2,1-2H3,(H,19,20)(H,21,22). The lowest BCUT2D eigenvalue weighted by Gasteiger charge is -2.09. The molecule has 0 unspecified atom stereocenters.